The zero-order valence-corrected chi connectivity index (χ0v) is 32.4. The van der Waals surface area contributed by atoms with Crippen LogP contribution in [0.5, 0.6) is 0 Å². The van der Waals surface area contributed by atoms with E-state index in [1.165, 1.54) is 244 Å². The molecule has 0 aliphatic heterocycles. The first kappa shape index (κ1) is 43.2. The minimum Gasteiger partial charge on any atom is -0.234 e. The molecular formula is C44H87N2+. The van der Waals surface area contributed by atoms with Gasteiger partial charge in [-0.1, -0.05) is 213 Å². The van der Waals surface area contributed by atoms with Crippen LogP contribution in [0.2, 0.25) is 0 Å². The molecule has 0 N–H and O–H groups in total. The van der Waals surface area contributed by atoms with E-state index in [-0.39, 0.29) is 0 Å². The van der Waals surface area contributed by atoms with Crippen molar-refractivity contribution >= 4 is 0 Å². The molecule has 0 unspecified atom stereocenters. The maximum absolute atomic E-state index is 2.63. The van der Waals surface area contributed by atoms with Crippen LogP contribution in [0.3, 0.4) is 0 Å². The lowest BCUT2D eigenvalue weighted by Gasteiger charge is -2.07. The van der Waals surface area contributed by atoms with E-state index in [1.807, 2.05) is 0 Å². The molecule has 1 aromatic rings. The number of hydrogen-bond acceptors (Lipinski definition) is 0. The molecule has 0 radical (unpaired) electrons. The molecule has 2 nitrogen and oxygen atoms in total. The summed E-state index contributed by atoms with van der Waals surface area (Å²) in [5.41, 5.74) is 0. The van der Waals surface area contributed by atoms with E-state index >= 15 is 0 Å². The lowest BCUT2D eigenvalue weighted by Crippen LogP contribution is -2.37. The van der Waals surface area contributed by atoms with Gasteiger partial charge in [0.2, 0.25) is 0 Å². The molecule has 0 aliphatic carbocycles. The Kier molecular flexibility index (Phi) is 33.4. The average Bonchev–Trinajstić information content (AvgIpc) is 3.45. The summed E-state index contributed by atoms with van der Waals surface area (Å²) < 4.78 is 5.25. The maximum atomic E-state index is 2.63. The molecule has 1 aromatic heterocycles. The van der Waals surface area contributed by atoms with Gasteiger partial charge in [-0.05, 0) is 32.1 Å². The summed E-state index contributed by atoms with van der Waals surface area (Å²) in [5, 5.41) is 0. The monoisotopic (exact) mass is 644 g/mol. The van der Waals surface area contributed by atoms with Crippen molar-refractivity contribution in [2.24, 2.45) is 0 Å². The smallest absolute Gasteiger partial charge is 0.234 e. The summed E-state index contributed by atoms with van der Waals surface area (Å²) >= 11 is 0. The summed E-state index contributed by atoms with van der Waals surface area (Å²) in [6.45, 7) is 9.41. The highest BCUT2D eigenvalue weighted by Crippen LogP contribution is 2.16. The van der Waals surface area contributed by atoms with Gasteiger partial charge in [0.1, 0.15) is 12.4 Å². The Morgan fingerprint density at radius 1 is 0.370 bits per heavy atom. The molecule has 0 spiro atoms. The lowest BCUT2D eigenvalue weighted by atomic mass is 10.0. The van der Waals surface area contributed by atoms with E-state index in [1.54, 1.807) is 5.82 Å². The normalized spacial score (nSPS) is 11.6. The molecule has 0 atom stereocenters. The number of nitrogens with zero attached hydrogens (tertiary/aromatic N) is 2. The third kappa shape index (κ3) is 27.2. The fourth-order valence-corrected chi connectivity index (χ4v) is 7.39. The number of hydrogen-bond donors (Lipinski definition) is 0. The Bertz CT molecular complexity index is 707. The number of aromatic nitrogens is 2. The fraction of sp³-hybridized carbons (Fsp3) is 0.932. The second-order valence-electron chi connectivity index (χ2n) is 15.2. The molecule has 1 heterocycles. The number of rotatable bonds is 38. The van der Waals surface area contributed by atoms with Crippen molar-refractivity contribution in [1.29, 1.82) is 0 Å². The zero-order valence-electron chi connectivity index (χ0n) is 32.4. The van der Waals surface area contributed by atoms with Gasteiger partial charge >= 0.3 is 0 Å². The minimum atomic E-state index is 1.23. The summed E-state index contributed by atoms with van der Waals surface area (Å²) in [6, 6.07) is 0. The first-order valence-corrected chi connectivity index (χ1v) is 21.9. The maximum Gasteiger partial charge on any atom is 0.256 e. The number of unbranched alkanes of at least 4 members (excludes halogenated alkanes) is 32. The van der Waals surface area contributed by atoms with E-state index in [2.05, 4.69) is 42.3 Å². The predicted molar refractivity (Wildman–Crippen MR) is 207 cm³/mol. The van der Waals surface area contributed by atoms with Gasteiger partial charge in [-0.15, -0.1) is 0 Å². The highest BCUT2D eigenvalue weighted by molar-refractivity contribution is 4.84. The largest absolute Gasteiger partial charge is 0.256 e. The second kappa shape index (κ2) is 35.5. The van der Waals surface area contributed by atoms with Crippen molar-refractivity contribution in [2.45, 2.75) is 265 Å². The Morgan fingerprint density at radius 2 is 0.674 bits per heavy atom. The van der Waals surface area contributed by atoms with E-state index in [0.717, 1.165) is 0 Å². The summed E-state index contributed by atoms with van der Waals surface area (Å²) in [5.74, 6) is 1.61. The van der Waals surface area contributed by atoms with Crippen molar-refractivity contribution in [3.05, 3.63) is 18.2 Å². The van der Waals surface area contributed by atoms with Crippen LogP contribution in [0.1, 0.15) is 251 Å². The molecule has 0 saturated carbocycles. The van der Waals surface area contributed by atoms with Crippen molar-refractivity contribution in [3.8, 4) is 0 Å². The van der Waals surface area contributed by atoms with Crippen LogP contribution in [0.4, 0.5) is 0 Å². The van der Waals surface area contributed by atoms with Gasteiger partial charge in [0.25, 0.3) is 5.82 Å². The first-order chi connectivity index (χ1) is 22.8. The Labute approximate surface area is 291 Å². The van der Waals surface area contributed by atoms with Gasteiger partial charge in [-0.3, -0.25) is 0 Å². The lowest BCUT2D eigenvalue weighted by molar-refractivity contribution is -0.704. The van der Waals surface area contributed by atoms with Gasteiger partial charge in [0.05, 0.1) is 13.1 Å². The van der Waals surface area contributed by atoms with Gasteiger partial charge in [-0.2, -0.15) is 0 Å². The van der Waals surface area contributed by atoms with Crippen LogP contribution in [0.15, 0.2) is 12.4 Å². The molecule has 0 amide bonds. The van der Waals surface area contributed by atoms with Crippen molar-refractivity contribution in [1.82, 2.24) is 4.57 Å². The van der Waals surface area contributed by atoms with Crippen LogP contribution in [-0.2, 0) is 19.5 Å². The van der Waals surface area contributed by atoms with Crippen LogP contribution < -0.4 is 4.57 Å². The minimum absolute atomic E-state index is 1.23. The molecule has 1 rings (SSSR count). The predicted octanol–water partition coefficient (Wildman–Crippen LogP) is 15.0. The van der Waals surface area contributed by atoms with E-state index in [4.69, 9.17) is 0 Å². The Hall–Kier alpha value is -0.790. The van der Waals surface area contributed by atoms with Gasteiger partial charge in [0, 0.05) is 6.42 Å². The third-order valence-electron chi connectivity index (χ3n) is 10.6. The number of imidazole rings is 1. The fourth-order valence-electron chi connectivity index (χ4n) is 7.39. The van der Waals surface area contributed by atoms with Crippen LogP contribution >= 0.6 is 0 Å². The van der Waals surface area contributed by atoms with E-state index < -0.39 is 0 Å². The molecule has 0 aromatic carbocycles. The molecule has 0 bridgehead atoms. The standard InChI is InChI=1S/C44H87N2/c1-4-7-10-13-15-17-19-21-23-24-25-27-29-31-33-35-38-41-46-43-42-45(44(46)39-36-12-9-6-3)40-37-34-32-30-28-26-22-20-18-16-14-11-8-5-2/h42-43H,4-41H2,1-3H3/q+1. The SMILES string of the molecule is CCCCCCCCCCCCCCCCCCC[n+]1ccn(CCCCCCCCCCCCCCCC)c1CCCCCC. The third-order valence-corrected chi connectivity index (χ3v) is 10.6. The van der Waals surface area contributed by atoms with Crippen molar-refractivity contribution in [3.63, 3.8) is 0 Å². The molecule has 2 heteroatoms. The van der Waals surface area contributed by atoms with Crippen molar-refractivity contribution in [2.75, 3.05) is 0 Å². The Balaban J connectivity index is 2.10. The molecule has 0 aliphatic rings. The highest BCUT2D eigenvalue weighted by Gasteiger charge is 2.16. The molecular weight excluding hydrogens is 556 g/mol. The van der Waals surface area contributed by atoms with Gasteiger partial charge < -0.3 is 0 Å². The molecule has 0 saturated heterocycles. The molecule has 46 heavy (non-hydrogen) atoms. The quantitative estimate of drug-likeness (QED) is 0.0501. The van der Waals surface area contributed by atoms with E-state index in [0.29, 0.717) is 0 Å². The first-order valence-electron chi connectivity index (χ1n) is 21.9. The van der Waals surface area contributed by atoms with Crippen molar-refractivity contribution < 1.29 is 4.57 Å². The molecule has 0 fully saturated rings. The zero-order chi connectivity index (χ0) is 33.0. The van der Waals surface area contributed by atoms with Crippen LogP contribution in [0.25, 0.3) is 0 Å². The molecule has 272 valence electrons. The second-order valence-corrected chi connectivity index (χ2v) is 15.2. The van der Waals surface area contributed by atoms with E-state index in [9.17, 15) is 0 Å². The summed E-state index contributed by atoms with van der Waals surface area (Å²) in [6.07, 6.45) is 56.4. The summed E-state index contributed by atoms with van der Waals surface area (Å²) in [4.78, 5) is 0. The van der Waals surface area contributed by atoms with Crippen LogP contribution in [0, 0.1) is 0 Å². The highest BCUT2D eigenvalue weighted by atomic mass is 15.1. The summed E-state index contributed by atoms with van der Waals surface area (Å²) in [7, 11) is 0. The number of aryl methyl sites for hydroxylation is 2. The topological polar surface area (TPSA) is 8.81 Å². The Morgan fingerprint density at radius 3 is 1.04 bits per heavy atom. The van der Waals surface area contributed by atoms with Gasteiger partial charge in [-0.25, -0.2) is 9.13 Å². The van der Waals surface area contributed by atoms with Crippen LogP contribution in [-0.4, -0.2) is 4.57 Å². The average molecular weight is 644 g/mol. The van der Waals surface area contributed by atoms with Gasteiger partial charge in [0.15, 0.2) is 0 Å².